The summed E-state index contributed by atoms with van der Waals surface area (Å²) in [5.41, 5.74) is -0.839. The molecule has 0 spiro atoms. The number of hydrogen-bond donors (Lipinski definition) is 1. The standard InChI is InChI=1S/C13H11Cl3N2O2/c14-8-5-9(15)11(10(16)6-8)18-12(19)13(7-17)1-3-20-4-2-13/h5-6H,1-4H2,(H,18,19). The lowest BCUT2D eigenvalue weighted by Gasteiger charge is -2.29. The summed E-state index contributed by atoms with van der Waals surface area (Å²) in [4.78, 5) is 12.4. The molecule has 0 aliphatic carbocycles. The van der Waals surface area contributed by atoms with Crippen molar-refractivity contribution in [1.29, 1.82) is 5.26 Å². The second-order valence-corrected chi connectivity index (χ2v) is 5.76. The third-order valence-corrected chi connectivity index (χ3v) is 4.05. The van der Waals surface area contributed by atoms with Crippen LogP contribution in [0.15, 0.2) is 12.1 Å². The van der Waals surface area contributed by atoms with Crippen molar-refractivity contribution in [2.24, 2.45) is 5.41 Å². The number of hydrogen-bond acceptors (Lipinski definition) is 3. The van der Waals surface area contributed by atoms with Gasteiger partial charge in [-0.2, -0.15) is 5.26 Å². The molecule has 0 bridgehead atoms. The first kappa shape index (κ1) is 15.4. The topological polar surface area (TPSA) is 62.1 Å². The van der Waals surface area contributed by atoms with Crippen LogP contribution < -0.4 is 5.32 Å². The molecule has 1 fully saturated rings. The van der Waals surface area contributed by atoms with Gasteiger partial charge in [-0.25, -0.2) is 0 Å². The van der Waals surface area contributed by atoms with E-state index < -0.39 is 11.3 Å². The number of ether oxygens (including phenoxy) is 1. The normalized spacial score (nSPS) is 17.3. The average molecular weight is 334 g/mol. The minimum absolute atomic E-state index is 0.232. The quantitative estimate of drug-likeness (QED) is 0.892. The molecule has 1 aliphatic rings. The monoisotopic (exact) mass is 332 g/mol. The maximum atomic E-state index is 12.4. The SMILES string of the molecule is N#CC1(C(=O)Nc2c(Cl)cc(Cl)cc2Cl)CCOCC1. The van der Waals surface area contributed by atoms with Crippen LogP contribution in [-0.4, -0.2) is 19.1 Å². The number of rotatable bonds is 2. The largest absolute Gasteiger partial charge is 0.381 e. The van der Waals surface area contributed by atoms with Gasteiger partial charge in [-0.15, -0.1) is 0 Å². The molecule has 0 radical (unpaired) electrons. The number of benzene rings is 1. The van der Waals surface area contributed by atoms with Crippen LogP contribution in [-0.2, 0) is 9.53 Å². The van der Waals surface area contributed by atoms with Crippen LogP contribution in [0.3, 0.4) is 0 Å². The summed E-state index contributed by atoms with van der Waals surface area (Å²) in [6.07, 6.45) is 0.691. The zero-order chi connectivity index (χ0) is 14.8. The molecular formula is C13H11Cl3N2O2. The van der Waals surface area contributed by atoms with E-state index in [4.69, 9.17) is 39.5 Å². The van der Waals surface area contributed by atoms with E-state index in [1.807, 2.05) is 0 Å². The number of halogens is 3. The molecule has 7 heteroatoms. The number of nitrogens with one attached hydrogen (secondary N) is 1. The summed E-state index contributed by atoms with van der Waals surface area (Å²) >= 11 is 17.8. The summed E-state index contributed by atoms with van der Waals surface area (Å²) in [5.74, 6) is -0.422. The van der Waals surface area contributed by atoms with Gasteiger partial charge in [0.2, 0.25) is 5.91 Å². The average Bonchev–Trinajstić information content (AvgIpc) is 2.43. The summed E-state index contributed by atoms with van der Waals surface area (Å²) in [6, 6.07) is 5.04. The second-order valence-electron chi connectivity index (χ2n) is 4.50. The third kappa shape index (κ3) is 3.02. The van der Waals surface area contributed by atoms with E-state index in [0.717, 1.165) is 0 Å². The highest BCUT2D eigenvalue weighted by Gasteiger charge is 2.40. The minimum atomic E-state index is -1.11. The van der Waals surface area contributed by atoms with Gasteiger partial charge in [0.1, 0.15) is 5.41 Å². The molecule has 2 rings (SSSR count). The highest BCUT2D eigenvalue weighted by molar-refractivity contribution is 6.42. The molecule has 0 aromatic heterocycles. The van der Waals surface area contributed by atoms with Crippen molar-refractivity contribution in [1.82, 2.24) is 0 Å². The Balaban J connectivity index is 2.26. The predicted octanol–water partition coefficient (Wildman–Crippen LogP) is 3.91. The third-order valence-electron chi connectivity index (χ3n) is 3.24. The minimum Gasteiger partial charge on any atom is -0.381 e. The van der Waals surface area contributed by atoms with Crippen molar-refractivity contribution in [2.75, 3.05) is 18.5 Å². The smallest absolute Gasteiger partial charge is 0.245 e. The molecule has 106 valence electrons. The van der Waals surface area contributed by atoms with Crippen LogP contribution in [0.1, 0.15) is 12.8 Å². The van der Waals surface area contributed by atoms with Crippen LogP contribution in [0, 0.1) is 16.7 Å². The number of nitriles is 1. The summed E-state index contributed by atoms with van der Waals surface area (Å²) < 4.78 is 5.19. The fourth-order valence-corrected chi connectivity index (χ4v) is 2.92. The Morgan fingerprint density at radius 1 is 1.25 bits per heavy atom. The molecular weight excluding hydrogens is 323 g/mol. The van der Waals surface area contributed by atoms with Crippen LogP contribution in [0.4, 0.5) is 5.69 Å². The Kier molecular flexibility index (Phi) is 4.77. The van der Waals surface area contributed by atoms with Crippen LogP contribution >= 0.6 is 34.8 Å². The van der Waals surface area contributed by atoms with E-state index in [0.29, 0.717) is 31.1 Å². The zero-order valence-corrected chi connectivity index (χ0v) is 12.6. The molecule has 1 heterocycles. The molecule has 0 unspecified atom stereocenters. The van der Waals surface area contributed by atoms with Crippen LogP contribution in [0.5, 0.6) is 0 Å². The van der Waals surface area contributed by atoms with E-state index >= 15 is 0 Å². The molecule has 1 saturated heterocycles. The molecule has 20 heavy (non-hydrogen) atoms. The molecule has 0 atom stereocenters. The summed E-state index contributed by atoms with van der Waals surface area (Å²) in [7, 11) is 0. The van der Waals surface area contributed by atoms with Crippen molar-refractivity contribution < 1.29 is 9.53 Å². The molecule has 1 amide bonds. The predicted molar refractivity (Wildman–Crippen MR) is 78.2 cm³/mol. The summed E-state index contributed by atoms with van der Waals surface area (Å²) in [6.45, 7) is 0.756. The fraction of sp³-hybridized carbons (Fsp3) is 0.385. The number of carbonyl (C=O) groups excluding carboxylic acids is 1. The first-order valence-corrected chi connectivity index (χ1v) is 7.07. The van der Waals surface area contributed by atoms with Crippen LogP contribution in [0.25, 0.3) is 0 Å². The van der Waals surface area contributed by atoms with E-state index in [1.165, 1.54) is 12.1 Å². The van der Waals surface area contributed by atoms with Gasteiger partial charge in [-0.05, 0) is 25.0 Å². The van der Waals surface area contributed by atoms with Gasteiger partial charge in [0.05, 0.1) is 21.8 Å². The Morgan fingerprint density at radius 3 is 2.30 bits per heavy atom. The van der Waals surface area contributed by atoms with Gasteiger partial charge in [0, 0.05) is 18.2 Å². The lowest BCUT2D eigenvalue weighted by molar-refractivity contribution is -0.126. The maximum absolute atomic E-state index is 12.4. The second kappa shape index (κ2) is 6.19. The van der Waals surface area contributed by atoms with E-state index in [1.54, 1.807) is 0 Å². The van der Waals surface area contributed by atoms with Gasteiger partial charge in [-0.1, -0.05) is 34.8 Å². The lowest BCUT2D eigenvalue weighted by atomic mass is 9.81. The van der Waals surface area contributed by atoms with Gasteiger partial charge < -0.3 is 10.1 Å². The molecule has 1 N–H and O–H groups in total. The molecule has 4 nitrogen and oxygen atoms in total. The van der Waals surface area contributed by atoms with E-state index in [-0.39, 0.29) is 15.7 Å². The lowest BCUT2D eigenvalue weighted by Crippen LogP contribution is -2.40. The Morgan fingerprint density at radius 2 is 1.80 bits per heavy atom. The molecule has 0 saturated carbocycles. The van der Waals surface area contributed by atoms with Crippen molar-refractivity contribution in [3.05, 3.63) is 27.2 Å². The molecule has 1 aromatic carbocycles. The van der Waals surface area contributed by atoms with Gasteiger partial charge >= 0.3 is 0 Å². The van der Waals surface area contributed by atoms with Gasteiger partial charge in [0.15, 0.2) is 0 Å². The first-order chi connectivity index (χ1) is 9.48. The number of carbonyl (C=O) groups is 1. The van der Waals surface area contributed by atoms with Crippen molar-refractivity contribution in [2.45, 2.75) is 12.8 Å². The number of nitrogens with zero attached hydrogens (tertiary/aromatic N) is 1. The maximum Gasteiger partial charge on any atom is 0.245 e. The van der Waals surface area contributed by atoms with Crippen molar-refractivity contribution in [3.8, 4) is 6.07 Å². The van der Waals surface area contributed by atoms with Crippen LogP contribution in [0.2, 0.25) is 15.1 Å². The first-order valence-electron chi connectivity index (χ1n) is 5.93. The Labute approximate surface area is 131 Å². The van der Waals surface area contributed by atoms with Crippen molar-refractivity contribution in [3.63, 3.8) is 0 Å². The Hall–Kier alpha value is -0.990. The highest BCUT2D eigenvalue weighted by atomic mass is 35.5. The zero-order valence-electron chi connectivity index (χ0n) is 10.4. The Bertz CT molecular complexity index is 554. The molecule has 1 aromatic rings. The summed E-state index contributed by atoms with van der Waals surface area (Å²) in [5, 5.41) is 12.8. The fourth-order valence-electron chi connectivity index (χ4n) is 2.00. The number of anilines is 1. The number of amides is 1. The van der Waals surface area contributed by atoms with Gasteiger partial charge in [0.25, 0.3) is 0 Å². The van der Waals surface area contributed by atoms with Gasteiger partial charge in [-0.3, -0.25) is 4.79 Å². The van der Waals surface area contributed by atoms with E-state index in [2.05, 4.69) is 11.4 Å². The molecule has 1 aliphatic heterocycles. The highest BCUT2D eigenvalue weighted by Crippen LogP contribution is 2.37. The van der Waals surface area contributed by atoms with E-state index in [9.17, 15) is 10.1 Å². The van der Waals surface area contributed by atoms with Crippen molar-refractivity contribution >= 4 is 46.4 Å².